The van der Waals surface area contributed by atoms with Gasteiger partial charge in [0.2, 0.25) is 0 Å². The highest BCUT2D eigenvalue weighted by molar-refractivity contribution is 5.80. The van der Waals surface area contributed by atoms with Crippen molar-refractivity contribution in [1.82, 2.24) is 10.6 Å². The van der Waals surface area contributed by atoms with Crippen LogP contribution in [0.3, 0.4) is 0 Å². The van der Waals surface area contributed by atoms with Crippen LogP contribution in [0.1, 0.15) is 38.2 Å². The molecule has 0 spiro atoms. The fourth-order valence-corrected chi connectivity index (χ4v) is 2.56. The van der Waals surface area contributed by atoms with Crippen LogP contribution >= 0.6 is 0 Å². The van der Waals surface area contributed by atoms with Gasteiger partial charge in [0.05, 0.1) is 12.6 Å². The molecule has 0 saturated heterocycles. The van der Waals surface area contributed by atoms with E-state index in [1.54, 1.807) is 0 Å². The molecule has 1 aromatic carbocycles. The van der Waals surface area contributed by atoms with Crippen LogP contribution in [0.15, 0.2) is 23.2 Å². The van der Waals surface area contributed by atoms with Crippen LogP contribution in [0.4, 0.5) is 8.78 Å². The number of hydrogen-bond donors (Lipinski definition) is 3. The molecule has 1 aliphatic carbocycles. The van der Waals surface area contributed by atoms with Gasteiger partial charge in [-0.3, -0.25) is 0 Å². The van der Waals surface area contributed by atoms with Gasteiger partial charge < -0.3 is 15.7 Å². The normalized spacial score (nSPS) is 22.5. The Hall–Kier alpha value is -1.69. The van der Waals surface area contributed by atoms with Crippen LogP contribution in [0.5, 0.6) is 0 Å². The van der Waals surface area contributed by atoms with E-state index in [9.17, 15) is 13.9 Å². The smallest absolute Gasteiger partial charge is 0.191 e. The van der Waals surface area contributed by atoms with E-state index in [4.69, 9.17) is 0 Å². The molecule has 1 aliphatic rings. The largest absolute Gasteiger partial charge is 0.393 e. The van der Waals surface area contributed by atoms with E-state index < -0.39 is 11.6 Å². The molecular formula is C16H23F2N3O. The topological polar surface area (TPSA) is 56.7 Å². The van der Waals surface area contributed by atoms with Crippen LogP contribution < -0.4 is 10.6 Å². The molecular weight excluding hydrogens is 288 g/mol. The average molecular weight is 311 g/mol. The van der Waals surface area contributed by atoms with Gasteiger partial charge in [-0.25, -0.2) is 13.8 Å². The Morgan fingerprint density at radius 1 is 1.27 bits per heavy atom. The summed E-state index contributed by atoms with van der Waals surface area (Å²) in [5.74, 6) is -0.333. The highest BCUT2D eigenvalue weighted by atomic mass is 19.1. The SMILES string of the molecule is CCNC(=NCc1cc(F)ccc1F)NC1CCC(O)CC1. The Labute approximate surface area is 129 Å². The maximum atomic E-state index is 13.6. The molecule has 22 heavy (non-hydrogen) atoms. The van der Waals surface area contributed by atoms with Crippen molar-refractivity contribution in [2.24, 2.45) is 4.99 Å². The number of aliphatic imine (C=N–C) groups is 1. The monoisotopic (exact) mass is 311 g/mol. The Morgan fingerprint density at radius 2 is 2.00 bits per heavy atom. The summed E-state index contributed by atoms with van der Waals surface area (Å²) in [5, 5.41) is 15.9. The van der Waals surface area contributed by atoms with Gasteiger partial charge in [-0.05, 0) is 50.8 Å². The first-order chi connectivity index (χ1) is 10.6. The molecule has 6 heteroatoms. The second-order valence-electron chi connectivity index (χ2n) is 5.58. The molecule has 0 heterocycles. The van der Waals surface area contributed by atoms with Gasteiger partial charge in [0.25, 0.3) is 0 Å². The Balaban J connectivity index is 1.98. The Morgan fingerprint density at radius 3 is 2.68 bits per heavy atom. The summed E-state index contributed by atoms with van der Waals surface area (Å²) in [5.41, 5.74) is 0.233. The van der Waals surface area contributed by atoms with Crippen molar-refractivity contribution in [1.29, 1.82) is 0 Å². The lowest BCUT2D eigenvalue weighted by Crippen LogP contribution is -2.45. The third-order valence-corrected chi connectivity index (χ3v) is 3.80. The van der Waals surface area contributed by atoms with E-state index >= 15 is 0 Å². The molecule has 1 aromatic rings. The Bertz CT molecular complexity index is 514. The first kappa shape index (κ1) is 16.7. The predicted molar refractivity (Wildman–Crippen MR) is 82.6 cm³/mol. The summed E-state index contributed by atoms with van der Waals surface area (Å²) < 4.78 is 26.8. The third kappa shape index (κ3) is 4.94. The molecule has 0 aliphatic heterocycles. The molecule has 2 rings (SSSR count). The van der Waals surface area contributed by atoms with Gasteiger partial charge in [-0.2, -0.15) is 0 Å². The van der Waals surface area contributed by atoms with E-state index in [-0.39, 0.29) is 24.3 Å². The van der Waals surface area contributed by atoms with Crippen LogP contribution in [0.25, 0.3) is 0 Å². The van der Waals surface area contributed by atoms with E-state index in [1.165, 1.54) is 6.07 Å². The molecule has 0 atom stereocenters. The van der Waals surface area contributed by atoms with E-state index in [0.717, 1.165) is 37.8 Å². The fraction of sp³-hybridized carbons (Fsp3) is 0.562. The van der Waals surface area contributed by atoms with Crippen molar-refractivity contribution in [2.45, 2.75) is 51.3 Å². The molecule has 4 nitrogen and oxygen atoms in total. The van der Waals surface area contributed by atoms with Gasteiger partial charge in [0, 0.05) is 18.2 Å². The number of nitrogens with zero attached hydrogens (tertiary/aromatic N) is 1. The summed E-state index contributed by atoms with van der Waals surface area (Å²) in [4.78, 5) is 4.32. The van der Waals surface area contributed by atoms with Crippen molar-refractivity contribution < 1.29 is 13.9 Å². The minimum atomic E-state index is -0.467. The van der Waals surface area contributed by atoms with Crippen LogP contribution in [-0.2, 0) is 6.54 Å². The van der Waals surface area contributed by atoms with Crippen molar-refractivity contribution >= 4 is 5.96 Å². The molecule has 0 aromatic heterocycles. The first-order valence-electron chi connectivity index (χ1n) is 7.75. The van der Waals surface area contributed by atoms with E-state index in [0.29, 0.717) is 12.5 Å². The van der Waals surface area contributed by atoms with Gasteiger partial charge >= 0.3 is 0 Å². The van der Waals surface area contributed by atoms with E-state index in [1.807, 2.05) is 6.92 Å². The van der Waals surface area contributed by atoms with Crippen LogP contribution in [0.2, 0.25) is 0 Å². The summed E-state index contributed by atoms with van der Waals surface area (Å²) >= 11 is 0. The highest BCUT2D eigenvalue weighted by Gasteiger charge is 2.20. The highest BCUT2D eigenvalue weighted by Crippen LogP contribution is 2.18. The number of benzene rings is 1. The van der Waals surface area contributed by atoms with Gasteiger partial charge in [-0.1, -0.05) is 0 Å². The molecule has 0 unspecified atom stereocenters. The average Bonchev–Trinajstić information content (AvgIpc) is 2.50. The maximum absolute atomic E-state index is 13.6. The number of rotatable bonds is 4. The zero-order chi connectivity index (χ0) is 15.9. The molecule has 0 bridgehead atoms. The van der Waals surface area contributed by atoms with E-state index in [2.05, 4.69) is 15.6 Å². The molecule has 1 saturated carbocycles. The molecule has 0 radical (unpaired) electrons. The van der Waals surface area contributed by atoms with Crippen molar-refractivity contribution in [3.63, 3.8) is 0 Å². The van der Waals surface area contributed by atoms with Gasteiger partial charge in [0.15, 0.2) is 5.96 Å². The summed E-state index contributed by atoms with van der Waals surface area (Å²) in [7, 11) is 0. The number of aliphatic hydroxyl groups is 1. The molecule has 3 N–H and O–H groups in total. The fourth-order valence-electron chi connectivity index (χ4n) is 2.56. The van der Waals surface area contributed by atoms with Crippen molar-refractivity contribution in [3.8, 4) is 0 Å². The lowest BCUT2D eigenvalue weighted by Gasteiger charge is -2.27. The number of hydrogen-bond acceptors (Lipinski definition) is 2. The second-order valence-corrected chi connectivity index (χ2v) is 5.58. The van der Waals surface area contributed by atoms with Gasteiger partial charge in [0.1, 0.15) is 11.6 Å². The summed E-state index contributed by atoms with van der Waals surface area (Å²) in [6, 6.07) is 3.63. The predicted octanol–water partition coefficient (Wildman–Crippen LogP) is 2.32. The molecule has 0 amide bonds. The quantitative estimate of drug-likeness (QED) is 0.591. The number of halogens is 2. The maximum Gasteiger partial charge on any atom is 0.191 e. The number of guanidine groups is 1. The van der Waals surface area contributed by atoms with Crippen LogP contribution in [-0.4, -0.2) is 29.8 Å². The van der Waals surface area contributed by atoms with Crippen LogP contribution in [0, 0.1) is 11.6 Å². The molecule has 1 fully saturated rings. The lowest BCUT2D eigenvalue weighted by atomic mass is 9.93. The zero-order valence-electron chi connectivity index (χ0n) is 12.8. The summed E-state index contributed by atoms with van der Waals surface area (Å²) in [6.07, 6.45) is 3.09. The Kier molecular flexibility index (Phi) is 6.12. The van der Waals surface area contributed by atoms with Gasteiger partial charge in [-0.15, -0.1) is 0 Å². The van der Waals surface area contributed by atoms with Crippen molar-refractivity contribution in [3.05, 3.63) is 35.4 Å². The summed E-state index contributed by atoms with van der Waals surface area (Å²) in [6.45, 7) is 2.71. The lowest BCUT2D eigenvalue weighted by molar-refractivity contribution is 0.120. The third-order valence-electron chi connectivity index (χ3n) is 3.80. The molecule has 122 valence electrons. The first-order valence-corrected chi connectivity index (χ1v) is 7.75. The number of aliphatic hydroxyl groups excluding tert-OH is 1. The zero-order valence-corrected chi connectivity index (χ0v) is 12.8. The van der Waals surface area contributed by atoms with Crippen molar-refractivity contribution in [2.75, 3.05) is 6.54 Å². The second kappa shape index (κ2) is 8.08. The standard InChI is InChI=1S/C16H23F2N3O/c1-2-19-16(21-13-4-6-14(22)7-5-13)20-10-11-9-12(17)3-8-15(11)18/h3,8-9,13-14,22H,2,4-7,10H2,1H3,(H2,19,20,21). The minimum Gasteiger partial charge on any atom is -0.393 e. The number of nitrogens with one attached hydrogen (secondary N) is 2. The minimum absolute atomic E-state index is 0.0777.